The number of rotatable bonds is 8. The highest BCUT2D eigenvalue weighted by Gasteiger charge is 2.26. The summed E-state index contributed by atoms with van der Waals surface area (Å²) in [5.41, 5.74) is 13.3. The summed E-state index contributed by atoms with van der Waals surface area (Å²) in [4.78, 5) is 4.52. The molecule has 0 aliphatic carbocycles. The molecule has 14 rings (SSSR count). The van der Waals surface area contributed by atoms with Crippen molar-refractivity contribution in [2.75, 3.05) is 9.80 Å². The topological polar surface area (TPSA) is 77.1 Å². The first-order valence-electron chi connectivity index (χ1n) is 24.3. The molecule has 0 saturated heterocycles. The first-order chi connectivity index (χ1) is 36.1. The monoisotopic (exact) mass is 932 g/mol. The van der Waals surface area contributed by atoms with E-state index >= 15 is 0 Å². The summed E-state index contributed by atoms with van der Waals surface area (Å²) in [6.07, 6.45) is 0. The van der Waals surface area contributed by atoms with E-state index in [-0.39, 0.29) is 0 Å². The zero-order chi connectivity index (χ0) is 48.6. The summed E-state index contributed by atoms with van der Waals surface area (Å²) >= 11 is 0. The molecule has 3 heterocycles. The van der Waals surface area contributed by atoms with Crippen LogP contribution in [0.5, 0.6) is 0 Å². The zero-order valence-corrected chi connectivity index (χ0v) is 39.2. The van der Waals surface area contributed by atoms with Crippen molar-refractivity contribution in [2.24, 2.45) is 0 Å². The van der Waals surface area contributed by atoms with Crippen molar-refractivity contribution in [3.8, 4) is 23.5 Å². The van der Waals surface area contributed by atoms with Crippen LogP contribution in [0.3, 0.4) is 0 Å². The summed E-state index contributed by atoms with van der Waals surface area (Å²) in [6, 6.07) is 88.7. The molecule has 7 nitrogen and oxygen atoms in total. The fourth-order valence-electron chi connectivity index (χ4n) is 11.2. The number of para-hydroxylation sites is 5. The molecule has 0 spiro atoms. The number of anilines is 6. The molecule has 7 heteroatoms. The molecule has 73 heavy (non-hydrogen) atoms. The quantitative estimate of drug-likeness (QED) is 0.152. The van der Waals surface area contributed by atoms with Gasteiger partial charge in [0.1, 0.15) is 23.3 Å². The number of nitriles is 2. The average molecular weight is 933 g/mol. The molecule has 0 amide bonds. The van der Waals surface area contributed by atoms with Gasteiger partial charge < -0.3 is 23.4 Å². The van der Waals surface area contributed by atoms with Crippen molar-refractivity contribution in [1.82, 2.24) is 9.13 Å². The number of nitrogens with zero attached hydrogens (tertiary/aromatic N) is 6. The van der Waals surface area contributed by atoms with Crippen LogP contribution >= 0.6 is 0 Å². The molecule has 0 fully saturated rings. The van der Waals surface area contributed by atoms with E-state index in [9.17, 15) is 10.5 Å². The highest BCUT2D eigenvalue weighted by molar-refractivity contribution is 6.25. The van der Waals surface area contributed by atoms with Crippen molar-refractivity contribution in [3.05, 3.63) is 254 Å². The summed E-state index contributed by atoms with van der Waals surface area (Å²) in [5.74, 6) is 0. The van der Waals surface area contributed by atoms with Gasteiger partial charge in [-0.1, -0.05) is 121 Å². The van der Waals surface area contributed by atoms with E-state index in [1.165, 1.54) is 0 Å². The van der Waals surface area contributed by atoms with Crippen LogP contribution in [0.25, 0.3) is 87.7 Å². The van der Waals surface area contributed by atoms with Crippen LogP contribution < -0.4 is 9.80 Å². The Morgan fingerprint density at radius 3 is 1.27 bits per heavy atom. The lowest BCUT2D eigenvalue weighted by Gasteiger charge is -2.25. The van der Waals surface area contributed by atoms with Gasteiger partial charge in [0, 0.05) is 61.1 Å². The fourth-order valence-corrected chi connectivity index (χ4v) is 11.2. The molecule has 14 aromatic rings. The minimum atomic E-state index is 0.420. The Balaban J connectivity index is 1.02. The molecular weight excluding hydrogens is 893 g/mol. The molecule has 0 aliphatic rings. The zero-order valence-electron chi connectivity index (χ0n) is 39.2. The molecule has 340 valence electrons. The van der Waals surface area contributed by atoms with Gasteiger partial charge in [0.05, 0.1) is 50.0 Å². The number of benzene rings is 11. The standard InChI is InChI=1S/C66H40N6O/c67-41-44-38-62(72-58-35-31-51(70(48-22-9-3-10-23-48)49-24-11-4-12-25-49)40-56(58)65-60(72)36-32-54-53-27-15-16-28-63(53)73-66(54)65)45(42-68)37-61(44)71-57-34-30-50(69(46-18-5-1-6-19-46)47-20-7-2-8-21-47)39-55(57)64-52-26-14-13-17-43(52)29-33-59(64)71/h1-40H. The van der Waals surface area contributed by atoms with Gasteiger partial charge in [-0.2, -0.15) is 10.5 Å². The van der Waals surface area contributed by atoms with Gasteiger partial charge >= 0.3 is 0 Å². The van der Waals surface area contributed by atoms with Crippen LogP contribution in [0.1, 0.15) is 11.1 Å². The van der Waals surface area contributed by atoms with E-state index in [1.54, 1.807) is 0 Å². The second-order valence-corrected chi connectivity index (χ2v) is 18.3. The SMILES string of the molecule is N#Cc1cc(-n2c3ccc(N(c4ccccc4)c4ccccc4)cc3c3c4oc5ccccc5c4ccc32)c(C#N)cc1-n1c2ccc(N(c3ccccc3)c3ccccc3)cc2c2c3ccccc3ccc21. The average Bonchev–Trinajstić information content (AvgIpc) is 4.12. The van der Waals surface area contributed by atoms with Gasteiger partial charge in [-0.15, -0.1) is 0 Å². The maximum Gasteiger partial charge on any atom is 0.145 e. The second kappa shape index (κ2) is 16.7. The molecule has 0 saturated carbocycles. The van der Waals surface area contributed by atoms with Gasteiger partial charge in [0.25, 0.3) is 0 Å². The minimum absolute atomic E-state index is 0.420. The molecule has 0 radical (unpaired) electrons. The second-order valence-electron chi connectivity index (χ2n) is 18.3. The Labute approximate surface area is 419 Å². The third-order valence-electron chi connectivity index (χ3n) is 14.3. The Morgan fingerprint density at radius 1 is 0.329 bits per heavy atom. The van der Waals surface area contributed by atoms with E-state index in [1.807, 2.05) is 54.6 Å². The largest absolute Gasteiger partial charge is 0.455 e. The lowest BCUT2D eigenvalue weighted by molar-refractivity contribution is 0.673. The van der Waals surface area contributed by atoms with Crippen molar-refractivity contribution in [2.45, 2.75) is 0 Å². The van der Waals surface area contributed by atoms with E-state index in [2.05, 4.69) is 219 Å². The van der Waals surface area contributed by atoms with E-state index in [0.29, 0.717) is 22.5 Å². The summed E-state index contributed by atoms with van der Waals surface area (Å²) < 4.78 is 11.1. The van der Waals surface area contributed by atoms with Crippen LogP contribution in [0.2, 0.25) is 0 Å². The van der Waals surface area contributed by atoms with Crippen LogP contribution in [-0.2, 0) is 0 Å². The van der Waals surface area contributed by atoms with Gasteiger partial charge in [0.2, 0.25) is 0 Å². The van der Waals surface area contributed by atoms with Gasteiger partial charge in [0.15, 0.2) is 0 Å². The molecule has 0 unspecified atom stereocenters. The first-order valence-corrected chi connectivity index (χ1v) is 24.3. The predicted molar refractivity (Wildman–Crippen MR) is 299 cm³/mol. The molecule has 11 aromatic carbocycles. The predicted octanol–water partition coefficient (Wildman–Crippen LogP) is 17.6. The van der Waals surface area contributed by atoms with Crippen LogP contribution in [0.15, 0.2) is 247 Å². The lowest BCUT2D eigenvalue weighted by atomic mass is 10.0. The van der Waals surface area contributed by atoms with Crippen LogP contribution in [-0.4, -0.2) is 9.13 Å². The maximum atomic E-state index is 11.4. The highest BCUT2D eigenvalue weighted by Crippen LogP contribution is 2.46. The Morgan fingerprint density at radius 2 is 0.753 bits per heavy atom. The van der Waals surface area contributed by atoms with Gasteiger partial charge in [-0.3, -0.25) is 0 Å². The fraction of sp³-hybridized carbons (Fsp3) is 0. The number of furan rings is 1. The third-order valence-corrected chi connectivity index (χ3v) is 14.3. The van der Waals surface area contributed by atoms with E-state index in [0.717, 1.165) is 110 Å². The van der Waals surface area contributed by atoms with Crippen molar-refractivity contribution in [1.29, 1.82) is 10.5 Å². The highest BCUT2D eigenvalue weighted by atomic mass is 16.3. The summed E-state index contributed by atoms with van der Waals surface area (Å²) in [5, 5.41) is 30.9. The minimum Gasteiger partial charge on any atom is -0.455 e. The molecule has 0 N–H and O–H groups in total. The van der Waals surface area contributed by atoms with Gasteiger partial charge in [-0.25, -0.2) is 0 Å². The smallest absolute Gasteiger partial charge is 0.145 e. The number of hydrogen-bond acceptors (Lipinski definition) is 5. The molecule has 3 aromatic heterocycles. The van der Waals surface area contributed by atoms with E-state index < -0.39 is 0 Å². The maximum absolute atomic E-state index is 11.4. The number of aromatic nitrogens is 2. The Hall–Kier alpha value is -10.3. The first kappa shape index (κ1) is 41.6. The number of fused-ring (bicyclic) bond motifs is 12. The van der Waals surface area contributed by atoms with E-state index in [4.69, 9.17) is 4.42 Å². The Bertz CT molecular complexity index is 4500. The third kappa shape index (κ3) is 6.51. The van der Waals surface area contributed by atoms with Crippen LogP contribution in [0.4, 0.5) is 34.1 Å². The normalized spacial score (nSPS) is 11.5. The summed E-state index contributed by atoms with van der Waals surface area (Å²) in [6.45, 7) is 0. The molecular formula is C66H40N6O. The Kier molecular flexibility index (Phi) is 9.50. The van der Waals surface area contributed by atoms with Crippen molar-refractivity contribution in [3.63, 3.8) is 0 Å². The summed E-state index contributed by atoms with van der Waals surface area (Å²) in [7, 11) is 0. The lowest BCUT2D eigenvalue weighted by Crippen LogP contribution is -2.09. The van der Waals surface area contributed by atoms with Crippen molar-refractivity contribution >= 4 is 110 Å². The molecule has 0 atom stereocenters. The van der Waals surface area contributed by atoms with Crippen LogP contribution in [0, 0.1) is 22.7 Å². The molecule has 0 bridgehead atoms. The molecule has 0 aliphatic heterocycles. The van der Waals surface area contributed by atoms with Gasteiger partial charge in [-0.05, 0) is 132 Å². The number of hydrogen-bond donors (Lipinski definition) is 0. The van der Waals surface area contributed by atoms with Crippen molar-refractivity contribution < 1.29 is 4.42 Å².